The summed E-state index contributed by atoms with van der Waals surface area (Å²) in [6, 6.07) is 16.6. The van der Waals surface area contributed by atoms with Crippen LogP contribution in [-0.2, 0) is 4.79 Å². The lowest BCUT2D eigenvalue weighted by Crippen LogP contribution is -2.43. The molecule has 2 amide bonds. The van der Waals surface area contributed by atoms with Gasteiger partial charge in [0.2, 0.25) is 0 Å². The van der Waals surface area contributed by atoms with E-state index < -0.39 is 0 Å². The van der Waals surface area contributed by atoms with Crippen LogP contribution >= 0.6 is 0 Å². The van der Waals surface area contributed by atoms with Crippen molar-refractivity contribution in [1.82, 2.24) is 10.2 Å². The standard InChI is InChI=1S/C23H28N2O4/c1-2-28-21-11-7-6-10-20(21)23(27)24-16-18-12-14-25(15-13-18)22(26)17-29-19-8-4-3-5-9-19/h3-11,18H,2,12-17H2,1H3,(H,24,27). The minimum atomic E-state index is -0.121. The van der Waals surface area contributed by atoms with Crippen molar-refractivity contribution in [3.05, 3.63) is 60.2 Å². The van der Waals surface area contributed by atoms with E-state index >= 15 is 0 Å². The van der Waals surface area contributed by atoms with E-state index in [1.165, 1.54) is 0 Å². The Bertz CT molecular complexity index is 802. The Morgan fingerprint density at radius 3 is 2.41 bits per heavy atom. The number of hydrogen-bond donors (Lipinski definition) is 1. The fourth-order valence-corrected chi connectivity index (χ4v) is 3.41. The quantitative estimate of drug-likeness (QED) is 0.744. The first-order valence-electron chi connectivity index (χ1n) is 10.1. The fraction of sp³-hybridized carbons (Fsp3) is 0.391. The molecule has 0 aromatic heterocycles. The molecular weight excluding hydrogens is 368 g/mol. The molecule has 1 fully saturated rings. The number of likely N-dealkylation sites (tertiary alicyclic amines) is 1. The number of piperidine rings is 1. The van der Waals surface area contributed by atoms with E-state index in [1.54, 1.807) is 12.1 Å². The van der Waals surface area contributed by atoms with E-state index in [0.29, 0.717) is 49.2 Å². The third-order valence-corrected chi connectivity index (χ3v) is 5.06. The first-order valence-corrected chi connectivity index (χ1v) is 10.1. The largest absolute Gasteiger partial charge is 0.493 e. The van der Waals surface area contributed by atoms with Crippen LogP contribution in [0.25, 0.3) is 0 Å². The van der Waals surface area contributed by atoms with Gasteiger partial charge in [-0.1, -0.05) is 30.3 Å². The Labute approximate surface area is 171 Å². The number of ether oxygens (including phenoxy) is 2. The number of amides is 2. The van der Waals surface area contributed by atoms with Crippen LogP contribution < -0.4 is 14.8 Å². The van der Waals surface area contributed by atoms with Gasteiger partial charge in [0.1, 0.15) is 11.5 Å². The molecule has 3 rings (SSSR count). The summed E-state index contributed by atoms with van der Waals surface area (Å²) in [4.78, 5) is 26.7. The van der Waals surface area contributed by atoms with Crippen LogP contribution in [0.15, 0.2) is 54.6 Å². The van der Waals surface area contributed by atoms with E-state index in [1.807, 2.05) is 54.3 Å². The normalized spacial score (nSPS) is 14.3. The second kappa shape index (κ2) is 10.5. The summed E-state index contributed by atoms with van der Waals surface area (Å²) in [6.45, 7) is 4.45. The monoisotopic (exact) mass is 396 g/mol. The van der Waals surface area contributed by atoms with Gasteiger partial charge in [0, 0.05) is 19.6 Å². The third-order valence-electron chi connectivity index (χ3n) is 5.06. The number of benzene rings is 2. The number of rotatable bonds is 8. The van der Waals surface area contributed by atoms with Gasteiger partial charge in [-0.3, -0.25) is 9.59 Å². The van der Waals surface area contributed by atoms with Crippen molar-refractivity contribution in [2.24, 2.45) is 5.92 Å². The average molecular weight is 396 g/mol. The number of carbonyl (C=O) groups is 2. The molecule has 0 saturated carbocycles. The molecule has 1 N–H and O–H groups in total. The van der Waals surface area contributed by atoms with Crippen molar-refractivity contribution in [1.29, 1.82) is 0 Å². The highest BCUT2D eigenvalue weighted by Crippen LogP contribution is 2.20. The predicted octanol–water partition coefficient (Wildman–Crippen LogP) is 3.13. The molecule has 6 heteroatoms. The van der Waals surface area contributed by atoms with Crippen molar-refractivity contribution in [2.75, 3.05) is 32.8 Å². The van der Waals surface area contributed by atoms with Gasteiger partial charge in [0.15, 0.2) is 6.61 Å². The fourth-order valence-electron chi connectivity index (χ4n) is 3.41. The minimum Gasteiger partial charge on any atom is -0.493 e. The van der Waals surface area contributed by atoms with Gasteiger partial charge in [0.05, 0.1) is 12.2 Å². The Morgan fingerprint density at radius 2 is 1.69 bits per heavy atom. The molecular formula is C23H28N2O4. The Hall–Kier alpha value is -3.02. The van der Waals surface area contributed by atoms with Crippen molar-refractivity contribution >= 4 is 11.8 Å². The highest BCUT2D eigenvalue weighted by Gasteiger charge is 2.24. The number of nitrogens with one attached hydrogen (secondary N) is 1. The third kappa shape index (κ3) is 5.98. The summed E-state index contributed by atoms with van der Waals surface area (Å²) in [6.07, 6.45) is 1.73. The lowest BCUT2D eigenvalue weighted by Gasteiger charge is -2.32. The number of carbonyl (C=O) groups excluding carboxylic acids is 2. The van der Waals surface area contributed by atoms with Crippen LogP contribution in [0.5, 0.6) is 11.5 Å². The van der Waals surface area contributed by atoms with Crippen molar-refractivity contribution in [2.45, 2.75) is 19.8 Å². The highest BCUT2D eigenvalue weighted by atomic mass is 16.5. The maximum Gasteiger partial charge on any atom is 0.260 e. The molecule has 0 spiro atoms. The van der Waals surface area contributed by atoms with Gasteiger partial charge >= 0.3 is 0 Å². The second-order valence-electron chi connectivity index (χ2n) is 7.07. The zero-order valence-corrected chi connectivity index (χ0v) is 16.8. The second-order valence-corrected chi connectivity index (χ2v) is 7.07. The van der Waals surface area contributed by atoms with E-state index in [9.17, 15) is 9.59 Å². The van der Waals surface area contributed by atoms with Gasteiger partial charge in [0.25, 0.3) is 11.8 Å². The summed E-state index contributed by atoms with van der Waals surface area (Å²) < 4.78 is 11.1. The van der Waals surface area contributed by atoms with Gasteiger partial charge in [-0.2, -0.15) is 0 Å². The Kier molecular flexibility index (Phi) is 7.50. The van der Waals surface area contributed by atoms with E-state index in [-0.39, 0.29) is 18.4 Å². The summed E-state index contributed by atoms with van der Waals surface area (Å²) in [7, 11) is 0. The molecule has 0 bridgehead atoms. The topological polar surface area (TPSA) is 67.9 Å². The number of nitrogens with zero attached hydrogens (tertiary/aromatic N) is 1. The van der Waals surface area contributed by atoms with Crippen LogP contribution in [0.4, 0.5) is 0 Å². The SMILES string of the molecule is CCOc1ccccc1C(=O)NCC1CCN(C(=O)COc2ccccc2)CC1. The van der Waals surface area contributed by atoms with E-state index in [0.717, 1.165) is 12.8 Å². The average Bonchev–Trinajstić information content (AvgIpc) is 2.77. The number of para-hydroxylation sites is 2. The van der Waals surface area contributed by atoms with E-state index in [2.05, 4.69) is 5.32 Å². The molecule has 0 unspecified atom stereocenters. The maximum atomic E-state index is 12.5. The molecule has 2 aromatic rings. The van der Waals surface area contributed by atoms with Gasteiger partial charge in [-0.25, -0.2) is 0 Å². The van der Waals surface area contributed by atoms with Gasteiger partial charge in [-0.05, 0) is 49.9 Å². The summed E-state index contributed by atoms with van der Waals surface area (Å²) >= 11 is 0. The lowest BCUT2D eigenvalue weighted by molar-refractivity contribution is -0.134. The maximum absolute atomic E-state index is 12.5. The van der Waals surface area contributed by atoms with Crippen molar-refractivity contribution in [3.63, 3.8) is 0 Å². The Balaban J connectivity index is 1.40. The highest BCUT2D eigenvalue weighted by molar-refractivity contribution is 5.96. The molecule has 6 nitrogen and oxygen atoms in total. The van der Waals surface area contributed by atoms with Crippen molar-refractivity contribution < 1.29 is 19.1 Å². The van der Waals surface area contributed by atoms with Crippen molar-refractivity contribution in [3.8, 4) is 11.5 Å². The molecule has 2 aromatic carbocycles. The van der Waals surface area contributed by atoms with E-state index in [4.69, 9.17) is 9.47 Å². The minimum absolute atomic E-state index is 0.00183. The molecule has 154 valence electrons. The van der Waals surface area contributed by atoms with Gasteiger partial charge in [-0.15, -0.1) is 0 Å². The molecule has 0 atom stereocenters. The zero-order valence-electron chi connectivity index (χ0n) is 16.8. The lowest BCUT2D eigenvalue weighted by atomic mass is 9.96. The first kappa shape index (κ1) is 20.7. The first-order chi connectivity index (χ1) is 14.2. The van der Waals surface area contributed by atoms with Gasteiger partial charge < -0.3 is 19.7 Å². The number of hydrogen-bond acceptors (Lipinski definition) is 4. The van der Waals surface area contributed by atoms with Crippen LogP contribution in [0.3, 0.4) is 0 Å². The van der Waals surface area contributed by atoms with Crippen LogP contribution in [0.2, 0.25) is 0 Å². The molecule has 29 heavy (non-hydrogen) atoms. The molecule has 1 heterocycles. The summed E-state index contributed by atoms with van der Waals surface area (Å²) in [5.41, 5.74) is 0.556. The molecule has 1 saturated heterocycles. The molecule has 1 aliphatic heterocycles. The molecule has 1 aliphatic rings. The molecule has 0 aliphatic carbocycles. The summed E-state index contributed by atoms with van der Waals surface area (Å²) in [5.74, 6) is 1.54. The molecule has 0 radical (unpaired) electrons. The predicted molar refractivity (Wildman–Crippen MR) is 111 cm³/mol. The summed E-state index contributed by atoms with van der Waals surface area (Å²) in [5, 5.41) is 3.01. The smallest absolute Gasteiger partial charge is 0.260 e. The Morgan fingerprint density at radius 1 is 1.00 bits per heavy atom. The van der Waals surface area contributed by atoms with Crippen LogP contribution in [0, 0.1) is 5.92 Å². The van der Waals surface area contributed by atoms with Crippen LogP contribution in [-0.4, -0.2) is 49.6 Å². The zero-order chi connectivity index (χ0) is 20.5. The van der Waals surface area contributed by atoms with Crippen LogP contribution in [0.1, 0.15) is 30.1 Å².